The Morgan fingerprint density at radius 3 is 2.63 bits per heavy atom. The van der Waals surface area contributed by atoms with E-state index < -0.39 is 13.0 Å². The van der Waals surface area contributed by atoms with Gasteiger partial charge in [-0.25, -0.2) is 13.8 Å². The molecular formula is C36H30F2N6O2. The summed E-state index contributed by atoms with van der Waals surface area (Å²) in [6, 6.07) is 29.1. The number of ether oxygens (including phenoxy) is 1. The second-order valence-electron chi connectivity index (χ2n) is 11.1. The van der Waals surface area contributed by atoms with Crippen molar-refractivity contribution in [1.29, 1.82) is 0 Å². The number of aromatic amines is 1. The lowest BCUT2D eigenvalue weighted by atomic mass is 9.91. The number of halogens is 2. The molecule has 5 N–H and O–H groups in total. The van der Waals surface area contributed by atoms with Crippen molar-refractivity contribution < 1.29 is 18.3 Å². The number of benzene rings is 4. The van der Waals surface area contributed by atoms with Crippen molar-refractivity contribution in [3.8, 4) is 17.0 Å². The molecule has 0 aliphatic heterocycles. The first kappa shape index (κ1) is 29.0. The van der Waals surface area contributed by atoms with E-state index in [2.05, 4.69) is 39.0 Å². The number of hydrogen-bond donors (Lipinski definition) is 4. The first-order chi connectivity index (χ1) is 22.4. The van der Waals surface area contributed by atoms with Crippen LogP contribution in [0.15, 0.2) is 96.1 Å². The molecule has 230 valence electrons. The topological polar surface area (TPSA) is 117 Å². The smallest absolute Gasteiger partial charge is 0.272 e. The number of hydrogen-bond acceptors (Lipinski definition) is 5. The van der Waals surface area contributed by atoms with Crippen LogP contribution in [-0.2, 0) is 4.79 Å². The number of amides is 1. The zero-order valence-electron chi connectivity index (χ0n) is 24.9. The van der Waals surface area contributed by atoms with Crippen LogP contribution in [0.1, 0.15) is 36.1 Å². The number of H-pyrrole nitrogens is 1. The highest BCUT2D eigenvalue weighted by Crippen LogP contribution is 2.45. The molecule has 8 nitrogen and oxygen atoms in total. The number of nitrogens with one attached hydrogen (secondary N) is 3. The van der Waals surface area contributed by atoms with Gasteiger partial charge in [0, 0.05) is 45.4 Å². The summed E-state index contributed by atoms with van der Waals surface area (Å²) in [5.41, 5.74) is 17.2. The van der Waals surface area contributed by atoms with E-state index in [1.54, 1.807) is 19.1 Å². The molecule has 0 saturated heterocycles. The van der Waals surface area contributed by atoms with Gasteiger partial charge in [-0.3, -0.25) is 15.5 Å². The second kappa shape index (κ2) is 12.0. The molecule has 1 amide bonds. The minimum absolute atomic E-state index is 0.0251. The molecule has 1 aliphatic carbocycles. The van der Waals surface area contributed by atoms with E-state index in [0.29, 0.717) is 11.3 Å². The Morgan fingerprint density at radius 1 is 1.00 bits per heavy atom. The predicted octanol–water partition coefficient (Wildman–Crippen LogP) is 7.12. The van der Waals surface area contributed by atoms with Crippen molar-refractivity contribution >= 4 is 56.2 Å². The van der Waals surface area contributed by atoms with E-state index in [4.69, 9.17) is 15.5 Å². The molecule has 0 spiro atoms. The van der Waals surface area contributed by atoms with E-state index >= 15 is 0 Å². The number of rotatable bonds is 8. The van der Waals surface area contributed by atoms with E-state index in [0.717, 1.165) is 60.7 Å². The van der Waals surface area contributed by atoms with Gasteiger partial charge in [-0.1, -0.05) is 61.5 Å². The molecule has 6 aromatic rings. The lowest BCUT2D eigenvalue weighted by Crippen LogP contribution is -2.38. The second-order valence-corrected chi connectivity index (χ2v) is 11.1. The number of carbonyl (C=O) groups excluding carboxylic acids is 1. The van der Waals surface area contributed by atoms with Gasteiger partial charge in [0.2, 0.25) is 11.9 Å². The average Bonchev–Trinajstić information content (AvgIpc) is 3.66. The van der Waals surface area contributed by atoms with Crippen molar-refractivity contribution in [3.63, 3.8) is 0 Å². The van der Waals surface area contributed by atoms with Gasteiger partial charge in [0.1, 0.15) is 12.4 Å². The van der Waals surface area contributed by atoms with Gasteiger partial charge >= 0.3 is 0 Å². The van der Waals surface area contributed by atoms with Crippen LogP contribution >= 0.6 is 0 Å². The third kappa shape index (κ3) is 5.49. The molecule has 1 atom stereocenters. The Morgan fingerprint density at radius 2 is 1.80 bits per heavy atom. The summed E-state index contributed by atoms with van der Waals surface area (Å²) in [4.78, 5) is 20.6. The minimum Gasteiger partial charge on any atom is -0.488 e. The van der Waals surface area contributed by atoms with Crippen LogP contribution in [0.25, 0.3) is 55.6 Å². The summed E-state index contributed by atoms with van der Waals surface area (Å²) in [6.45, 7) is 1.05. The summed E-state index contributed by atoms with van der Waals surface area (Å²) in [7, 11) is 0. The van der Waals surface area contributed by atoms with Crippen molar-refractivity contribution in [1.82, 2.24) is 20.7 Å². The number of carbonyl (C=O) groups is 1. The molecule has 4 aromatic carbocycles. The highest BCUT2D eigenvalue weighted by atomic mass is 19.3. The van der Waals surface area contributed by atoms with Crippen LogP contribution in [0.4, 0.5) is 8.78 Å². The van der Waals surface area contributed by atoms with Crippen molar-refractivity contribution in [2.75, 3.05) is 6.61 Å². The van der Waals surface area contributed by atoms with E-state index in [9.17, 15) is 13.6 Å². The van der Waals surface area contributed by atoms with Crippen LogP contribution in [0.3, 0.4) is 0 Å². The van der Waals surface area contributed by atoms with Gasteiger partial charge in [-0.05, 0) is 58.7 Å². The number of nitrogens with two attached hydrogens (primary N) is 1. The van der Waals surface area contributed by atoms with Crippen LogP contribution in [0.2, 0.25) is 0 Å². The predicted molar refractivity (Wildman–Crippen MR) is 178 cm³/mol. The summed E-state index contributed by atoms with van der Waals surface area (Å²) in [6.07, 6.45) is -0.182. The van der Waals surface area contributed by atoms with E-state index in [1.165, 1.54) is 0 Å². The largest absolute Gasteiger partial charge is 0.488 e. The first-order valence-corrected chi connectivity index (χ1v) is 14.9. The van der Waals surface area contributed by atoms with Crippen LogP contribution in [0.5, 0.6) is 5.75 Å². The molecule has 2 aromatic heterocycles. The molecule has 1 aliphatic rings. The minimum atomic E-state index is -2.58. The van der Waals surface area contributed by atoms with Gasteiger partial charge in [0.25, 0.3) is 6.43 Å². The van der Waals surface area contributed by atoms with Crippen molar-refractivity contribution in [2.45, 2.75) is 25.8 Å². The number of fused-ring (bicyclic) bond motifs is 4. The number of nitrogens with zero attached hydrogens (tertiary/aromatic N) is 2. The van der Waals surface area contributed by atoms with E-state index in [-0.39, 0.29) is 24.3 Å². The van der Waals surface area contributed by atoms with Gasteiger partial charge in [-0.2, -0.15) is 0 Å². The highest BCUT2D eigenvalue weighted by Gasteiger charge is 2.29. The summed E-state index contributed by atoms with van der Waals surface area (Å²) < 4.78 is 31.1. The standard InChI is InChI=1S/C36H30F2N6O2/c1-2-32(45)42-36(39)44-43-35-25-9-5-3-7-20(25)16-27(35)26-14-12-23-15-22-11-13-24(46-19-31(37)38)18-29(22)41-34(23)33(26)30-17-21-8-4-6-10-28(21)40-30/h3-18,31,35,40,43H,2,19H2,1H3,(H3,39,42,44,45). The van der Waals surface area contributed by atoms with Gasteiger partial charge in [0.15, 0.2) is 0 Å². The first-order valence-electron chi connectivity index (χ1n) is 14.9. The number of para-hydroxylation sites is 1. The summed E-state index contributed by atoms with van der Waals surface area (Å²) >= 11 is 0. The lowest BCUT2D eigenvalue weighted by molar-refractivity contribution is -0.119. The fourth-order valence-electron chi connectivity index (χ4n) is 5.93. The zero-order chi connectivity index (χ0) is 31.8. The zero-order valence-corrected chi connectivity index (χ0v) is 24.9. The summed E-state index contributed by atoms with van der Waals surface area (Å²) in [5.74, 6) is 0.0667. The van der Waals surface area contributed by atoms with Crippen molar-refractivity contribution in [2.24, 2.45) is 10.8 Å². The number of pyridine rings is 1. The maximum absolute atomic E-state index is 12.9. The van der Waals surface area contributed by atoms with Gasteiger partial charge < -0.3 is 15.5 Å². The Bertz CT molecular complexity index is 2160. The molecule has 0 fully saturated rings. The summed E-state index contributed by atoms with van der Waals surface area (Å²) in [5, 5.41) is 9.73. The van der Waals surface area contributed by atoms with Crippen LogP contribution in [-0.4, -0.2) is 34.9 Å². The number of alkyl halides is 2. The fraction of sp³-hybridized carbons (Fsp3) is 0.139. The lowest BCUT2D eigenvalue weighted by Gasteiger charge is -2.20. The SMILES string of the molecule is CCC(=O)NC(N)=NNC1C(c2ccc3cc4ccc(OCC(F)F)cc4nc3c2-c2cc3ccccc3[nH]2)=Cc2ccccc21. The third-order valence-electron chi connectivity index (χ3n) is 8.07. The maximum atomic E-state index is 12.9. The Kier molecular flexibility index (Phi) is 7.53. The molecule has 0 radical (unpaired) electrons. The van der Waals surface area contributed by atoms with Crippen molar-refractivity contribution in [3.05, 3.63) is 108 Å². The van der Waals surface area contributed by atoms with Gasteiger partial charge in [0.05, 0.1) is 17.1 Å². The van der Waals surface area contributed by atoms with Gasteiger partial charge in [-0.15, -0.1) is 5.10 Å². The fourth-order valence-corrected chi connectivity index (χ4v) is 5.93. The molecule has 2 heterocycles. The number of guanidine groups is 1. The third-order valence-corrected chi connectivity index (χ3v) is 8.07. The molecule has 10 heteroatoms. The average molecular weight is 617 g/mol. The molecule has 0 bridgehead atoms. The van der Waals surface area contributed by atoms with E-state index in [1.807, 2.05) is 66.7 Å². The Balaban J connectivity index is 1.42. The molecule has 46 heavy (non-hydrogen) atoms. The quantitative estimate of drug-likeness (QED) is 0.0629. The highest BCUT2D eigenvalue weighted by molar-refractivity contribution is 6.08. The molecule has 0 saturated carbocycles. The Labute approximate surface area is 263 Å². The number of hydrazone groups is 1. The van der Waals surface area contributed by atoms with Crippen LogP contribution < -0.4 is 21.2 Å². The maximum Gasteiger partial charge on any atom is 0.272 e. The monoisotopic (exact) mass is 616 g/mol. The van der Waals surface area contributed by atoms with Crippen LogP contribution in [0, 0.1) is 0 Å². The molecule has 7 rings (SSSR count). The number of aromatic nitrogens is 2. The molecule has 1 unspecified atom stereocenters. The normalized spacial score (nSPS) is 14.6. The Hall–Kier alpha value is -5.77. The molecular weight excluding hydrogens is 586 g/mol.